The molecule has 1 aromatic heterocycles. The Hall–Kier alpha value is -2.49. The second kappa shape index (κ2) is 5.03. The molecule has 1 aromatic carbocycles. The van der Waals surface area contributed by atoms with Gasteiger partial charge in [-0.25, -0.2) is 4.98 Å². The average molecular weight is 226 g/mol. The normalized spacial score (nSPS) is 10.6. The lowest BCUT2D eigenvalue weighted by molar-refractivity contribution is -0.385. The monoisotopic (exact) mass is 226 g/mol. The molecule has 0 aliphatic carbocycles. The first-order valence-electron chi connectivity index (χ1n) is 5.10. The van der Waals surface area contributed by atoms with Crippen molar-refractivity contribution < 1.29 is 4.92 Å². The van der Waals surface area contributed by atoms with Crippen LogP contribution in [0.15, 0.2) is 48.7 Å². The zero-order valence-corrected chi connectivity index (χ0v) is 8.98. The predicted octanol–water partition coefficient (Wildman–Crippen LogP) is 3.16. The minimum Gasteiger partial charge on any atom is -0.258 e. The molecule has 17 heavy (non-hydrogen) atoms. The summed E-state index contributed by atoms with van der Waals surface area (Å²) in [6.07, 6.45) is 4.99. The van der Waals surface area contributed by atoms with Crippen molar-refractivity contribution in [2.24, 2.45) is 0 Å². The molecule has 84 valence electrons. The molecular weight excluding hydrogens is 216 g/mol. The molecule has 0 fully saturated rings. The summed E-state index contributed by atoms with van der Waals surface area (Å²) in [5, 5.41) is 10.8. The van der Waals surface area contributed by atoms with E-state index >= 15 is 0 Å². The van der Waals surface area contributed by atoms with Crippen LogP contribution in [0.25, 0.3) is 12.2 Å². The van der Waals surface area contributed by atoms with Gasteiger partial charge in [0.2, 0.25) is 0 Å². The van der Waals surface area contributed by atoms with Crippen LogP contribution in [0.1, 0.15) is 11.3 Å². The average Bonchev–Trinajstić information content (AvgIpc) is 2.38. The van der Waals surface area contributed by atoms with Gasteiger partial charge in [0.15, 0.2) is 0 Å². The zero-order valence-electron chi connectivity index (χ0n) is 8.98. The highest BCUT2D eigenvalue weighted by Gasteiger charge is 2.10. The molecule has 4 nitrogen and oxygen atoms in total. The van der Waals surface area contributed by atoms with E-state index in [0.29, 0.717) is 5.69 Å². The minimum atomic E-state index is -0.433. The fourth-order valence-corrected chi connectivity index (χ4v) is 1.43. The number of hydrogen-bond donors (Lipinski definition) is 0. The maximum atomic E-state index is 10.8. The van der Waals surface area contributed by atoms with Crippen LogP contribution in [0.4, 0.5) is 5.69 Å². The minimum absolute atomic E-state index is 0.0136. The molecule has 0 saturated heterocycles. The lowest BCUT2D eigenvalue weighted by atomic mass is 10.2. The third-order valence-electron chi connectivity index (χ3n) is 2.25. The molecule has 2 aromatic rings. The second-order valence-electron chi connectivity index (χ2n) is 3.41. The Morgan fingerprint density at radius 3 is 2.53 bits per heavy atom. The van der Waals surface area contributed by atoms with E-state index in [1.807, 2.05) is 30.3 Å². The Morgan fingerprint density at radius 2 is 1.82 bits per heavy atom. The van der Waals surface area contributed by atoms with Gasteiger partial charge in [0.1, 0.15) is 5.69 Å². The highest BCUT2D eigenvalue weighted by molar-refractivity contribution is 5.71. The molecule has 0 bridgehead atoms. The Labute approximate surface area is 98.4 Å². The number of benzene rings is 1. The highest BCUT2D eigenvalue weighted by Crippen LogP contribution is 2.17. The summed E-state index contributed by atoms with van der Waals surface area (Å²) < 4.78 is 0. The summed E-state index contributed by atoms with van der Waals surface area (Å²) >= 11 is 0. The molecule has 0 radical (unpaired) electrons. The van der Waals surface area contributed by atoms with Gasteiger partial charge in [0.05, 0.1) is 4.92 Å². The van der Waals surface area contributed by atoms with E-state index in [1.54, 1.807) is 18.2 Å². The Bertz CT molecular complexity index is 550. The van der Waals surface area contributed by atoms with Gasteiger partial charge in [-0.15, -0.1) is 0 Å². The van der Waals surface area contributed by atoms with Gasteiger partial charge in [-0.1, -0.05) is 36.4 Å². The van der Waals surface area contributed by atoms with Crippen LogP contribution in [0.3, 0.4) is 0 Å². The van der Waals surface area contributed by atoms with E-state index in [-0.39, 0.29) is 5.69 Å². The first kappa shape index (κ1) is 11.0. The van der Waals surface area contributed by atoms with E-state index in [9.17, 15) is 10.1 Å². The summed E-state index contributed by atoms with van der Waals surface area (Å²) in [6.45, 7) is 0. The van der Waals surface area contributed by atoms with Crippen molar-refractivity contribution in [1.29, 1.82) is 0 Å². The number of nitrogens with zero attached hydrogens (tertiary/aromatic N) is 2. The quantitative estimate of drug-likeness (QED) is 0.596. The van der Waals surface area contributed by atoms with Crippen molar-refractivity contribution in [3.63, 3.8) is 0 Å². The zero-order chi connectivity index (χ0) is 12.1. The van der Waals surface area contributed by atoms with Crippen molar-refractivity contribution in [2.75, 3.05) is 0 Å². The first-order chi connectivity index (χ1) is 8.27. The van der Waals surface area contributed by atoms with Gasteiger partial charge in [-0.3, -0.25) is 10.1 Å². The molecule has 0 aliphatic heterocycles. The van der Waals surface area contributed by atoms with Gasteiger partial charge in [0, 0.05) is 12.3 Å². The van der Waals surface area contributed by atoms with Crippen molar-refractivity contribution in [2.45, 2.75) is 0 Å². The van der Waals surface area contributed by atoms with Crippen LogP contribution in [0.5, 0.6) is 0 Å². The molecule has 0 amide bonds. The summed E-state index contributed by atoms with van der Waals surface area (Å²) in [6, 6.07) is 12.6. The van der Waals surface area contributed by atoms with Crippen LogP contribution in [0.2, 0.25) is 0 Å². The summed E-state index contributed by atoms with van der Waals surface area (Å²) in [5.74, 6) is 0. The van der Waals surface area contributed by atoms with Crippen LogP contribution in [0, 0.1) is 10.1 Å². The van der Waals surface area contributed by atoms with Gasteiger partial charge in [-0.05, 0) is 17.7 Å². The molecule has 0 unspecified atom stereocenters. The van der Waals surface area contributed by atoms with Crippen LogP contribution in [-0.4, -0.2) is 9.91 Å². The Kier molecular flexibility index (Phi) is 3.25. The first-order valence-corrected chi connectivity index (χ1v) is 5.10. The lowest BCUT2D eigenvalue weighted by Gasteiger charge is -1.95. The predicted molar refractivity (Wildman–Crippen MR) is 66.3 cm³/mol. The molecule has 0 spiro atoms. The van der Waals surface area contributed by atoms with Crippen LogP contribution >= 0.6 is 0 Å². The fourth-order valence-electron chi connectivity index (χ4n) is 1.43. The van der Waals surface area contributed by atoms with Gasteiger partial charge >= 0.3 is 0 Å². The van der Waals surface area contributed by atoms with E-state index in [4.69, 9.17) is 0 Å². The van der Waals surface area contributed by atoms with E-state index in [0.717, 1.165) is 5.56 Å². The maximum absolute atomic E-state index is 10.8. The van der Waals surface area contributed by atoms with Gasteiger partial charge in [-0.2, -0.15) is 0 Å². The summed E-state index contributed by atoms with van der Waals surface area (Å²) in [4.78, 5) is 14.3. The molecule has 0 saturated carbocycles. The molecule has 0 atom stereocenters. The van der Waals surface area contributed by atoms with Crippen molar-refractivity contribution in [3.05, 3.63) is 70.0 Å². The summed E-state index contributed by atoms with van der Waals surface area (Å²) in [5.41, 5.74) is 1.36. The molecule has 0 aliphatic rings. The number of nitro groups is 1. The number of rotatable bonds is 3. The molecule has 4 heteroatoms. The van der Waals surface area contributed by atoms with Crippen molar-refractivity contribution in [1.82, 2.24) is 4.98 Å². The molecular formula is C13H10N2O2. The smallest absolute Gasteiger partial charge is 0.258 e. The second-order valence-corrected chi connectivity index (χ2v) is 3.41. The Morgan fingerprint density at radius 1 is 1.06 bits per heavy atom. The highest BCUT2D eigenvalue weighted by atomic mass is 16.6. The van der Waals surface area contributed by atoms with Crippen molar-refractivity contribution in [3.8, 4) is 0 Å². The van der Waals surface area contributed by atoms with E-state index in [2.05, 4.69) is 4.98 Å². The van der Waals surface area contributed by atoms with Crippen molar-refractivity contribution >= 4 is 17.8 Å². The maximum Gasteiger partial charge on any atom is 0.294 e. The van der Waals surface area contributed by atoms with Gasteiger partial charge < -0.3 is 0 Å². The summed E-state index contributed by atoms with van der Waals surface area (Å²) in [7, 11) is 0. The fraction of sp³-hybridized carbons (Fsp3) is 0. The standard InChI is InChI=1S/C13H10N2O2/c16-15(17)13-7-4-10-14-12(13)9-8-11-5-2-1-3-6-11/h1-10H. The van der Waals surface area contributed by atoms with Crippen LogP contribution in [-0.2, 0) is 0 Å². The number of hydrogen-bond acceptors (Lipinski definition) is 3. The molecule has 1 heterocycles. The van der Waals surface area contributed by atoms with E-state index in [1.165, 1.54) is 12.3 Å². The molecule has 0 N–H and O–H groups in total. The lowest BCUT2D eigenvalue weighted by Crippen LogP contribution is -1.92. The number of pyridine rings is 1. The number of aromatic nitrogens is 1. The third-order valence-corrected chi connectivity index (χ3v) is 2.25. The largest absolute Gasteiger partial charge is 0.294 e. The molecule has 2 rings (SSSR count). The van der Waals surface area contributed by atoms with Crippen LogP contribution < -0.4 is 0 Å². The Balaban J connectivity index is 2.30. The third kappa shape index (κ3) is 2.75. The van der Waals surface area contributed by atoms with Gasteiger partial charge in [0.25, 0.3) is 5.69 Å². The van der Waals surface area contributed by atoms with E-state index < -0.39 is 4.92 Å². The topological polar surface area (TPSA) is 56.0 Å². The SMILES string of the molecule is O=[N+]([O-])c1cccnc1C=Cc1ccccc1.